The van der Waals surface area contributed by atoms with Crippen molar-refractivity contribution in [2.24, 2.45) is 17.3 Å². The number of amides is 1. The molecule has 1 saturated heterocycles. The van der Waals surface area contributed by atoms with E-state index in [-0.39, 0.29) is 17.2 Å². The Labute approximate surface area is 126 Å². The van der Waals surface area contributed by atoms with Crippen LogP contribution in [-0.4, -0.2) is 40.6 Å². The Hall–Kier alpha value is -1.49. The number of piperidine rings is 1. The molecule has 1 aliphatic heterocycles. The summed E-state index contributed by atoms with van der Waals surface area (Å²) in [4.78, 5) is 14.8. The van der Waals surface area contributed by atoms with Crippen LogP contribution >= 0.6 is 0 Å². The van der Waals surface area contributed by atoms with Gasteiger partial charge in [-0.15, -0.1) is 5.10 Å². The van der Waals surface area contributed by atoms with Crippen LogP contribution in [0.3, 0.4) is 0 Å². The molecule has 1 unspecified atom stereocenters. The summed E-state index contributed by atoms with van der Waals surface area (Å²) in [5, 5.41) is 10.6. The number of aromatic nitrogens is 2. The molecule has 2 aliphatic rings. The van der Waals surface area contributed by atoms with Gasteiger partial charge < -0.3 is 10.2 Å². The van der Waals surface area contributed by atoms with E-state index in [0.717, 1.165) is 32.4 Å². The molecule has 114 valence electrons. The van der Waals surface area contributed by atoms with E-state index in [1.807, 2.05) is 0 Å². The zero-order valence-corrected chi connectivity index (χ0v) is 12.9. The Morgan fingerprint density at radius 3 is 2.86 bits per heavy atom. The third-order valence-corrected chi connectivity index (χ3v) is 4.80. The number of rotatable bonds is 4. The quantitative estimate of drug-likeness (QED) is 0.922. The molecular formula is C16H24N4O. The van der Waals surface area contributed by atoms with E-state index in [1.54, 1.807) is 18.3 Å². The van der Waals surface area contributed by atoms with E-state index in [9.17, 15) is 4.79 Å². The van der Waals surface area contributed by atoms with Crippen molar-refractivity contribution in [1.82, 2.24) is 15.1 Å². The first-order chi connectivity index (χ1) is 10.1. The van der Waals surface area contributed by atoms with Gasteiger partial charge in [-0.05, 0) is 55.8 Å². The van der Waals surface area contributed by atoms with E-state index in [2.05, 4.69) is 34.3 Å². The van der Waals surface area contributed by atoms with Gasteiger partial charge >= 0.3 is 0 Å². The Morgan fingerprint density at radius 1 is 1.48 bits per heavy atom. The van der Waals surface area contributed by atoms with Gasteiger partial charge in [0.2, 0.25) is 5.91 Å². The molecule has 1 aliphatic carbocycles. The molecule has 2 heterocycles. The normalized spacial score (nSPS) is 24.2. The highest BCUT2D eigenvalue weighted by molar-refractivity contribution is 5.94. The third-order valence-electron chi connectivity index (χ3n) is 4.80. The molecule has 1 aromatic rings. The molecule has 1 aromatic heterocycles. The fourth-order valence-corrected chi connectivity index (χ4v) is 3.55. The van der Waals surface area contributed by atoms with Crippen molar-refractivity contribution in [3.05, 3.63) is 18.3 Å². The van der Waals surface area contributed by atoms with Gasteiger partial charge in [0.1, 0.15) is 0 Å². The average Bonchev–Trinajstić information content (AvgIpc) is 3.17. The monoisotopic (exact) mass is 288 g/mol. The first kappa shape index (κ1) is 14.4. The number of carbonyl (C=O) groups excluding carboxylic acids is 1. The van der Waals surface area contributed by atoms with Crippen LogP contribution in [0.15, 0.2) is 18.3 Å². The zero-order chi connectivity index (χ0) is 14.9. The molecule has 0 bridgehead atoms. The van der Waals surface area contributed by atoms with E-state index in [1.165, 1.54) is 6.54 Å². The minimum absolute atomic E-state index is 0.118. The van der Waals surface area contributed by atoms with Gasteiger partial charge in [-0.3, -0.25) is 4.79 Å². The predicted molar refractivity (Wildman–Crippen MR) is 81.7 cm³/mol. The topological polar surface area (TPSA) is 58.1 Å². The summed E-state index contributed by atoms with van der Waals surface area (Å²) in [5.41, 5.74) is 0.264. The van der Waals surface area contributed by atoms with Crippen LogP contribution in [0.1, 0.15) is 33.1 Å². The van der Waals surface area contributed by atoms with Crippen LogP contribution in [0.5, 0.6) is 0 Å². The first-order valence-electron chi connectivity index (χ1n) is 7.90. The van der Waals surface area contributed by atoms with Crippen LogP contribution < -0.4 is 5.32 Å². The summed E-state index contributed by atoms with van der Waals surface area (Å²) in [6, 6.07) is 3.57. The molecule has 5 heteroatoms. The average molecular weight is 288 g/mol. The summed E-state index contributed by atoms with van der Waals surface area (Å²) in [6.07, 6.45) is 4.95. The van der Waals surface area contributed by atoms with Gasteiger partial charge in [-0.1, -0.05) is 13.8 Å². The lowest BCUT2D eigenvalue weighted by molar-refractivity contribution is -0.118. The number of nitrogens with one attached hydrogen (secondary N) is 1. The summed E-state index contributed by atoms with van der Waals surface area (Å²) in [5.74, 6) is 1.56. The van der Waals surface area contributed by atoms with Crippen LogP contribution in [0.2, 0.25) is 0 Å². The van der Waals surface area contributed by atoms with Crippen molar-refractivity contribution >= 4 is 11.7 Å². The summed E-state index contributed by atoms with van der Waals surface area (Å²) in [6.45, 7) is 7.96. The van der Waals surface area contributed by atoms with Crippen molar-refractivity contribution in [2.75, 3.05) is 25.0 Å². The predicted octanol–water partition coefficient (Wildman–Crippen LogP) is 2.17. The Morgan fingerprint density at radius 2 is 2.24 bits per heavy atom. The number of carbonyl (C=O) groups is 1. The zero-order valence-electron chi connectivity index (χ0n) is 12.9. The second-order valence-corrected chi connectivity index (χ2v) is 6.91. The highest BCUT2D eigenvalue weighted by atomic mass is 16.2. The van der Waals surface area contributed by atoms with Crippen LogP contribution in [0.4, 0.5) is 5.82 Å². The van der Waals surface area contributed by atoms with Gasteiger partial charge in [0.15, 0.2) is 5.82 Å². The molecule has 1 N–H and O–H groups in total. The van der Waals surface area contributed by atoms with Gasteiger partial charge in [0.25, 0.3) is 0 Å². The Balaban J connectivity index is 1.51. The van der Waals surface area contributed by atoms with Crippen molar-refractivity contribution in [3.63, 3.8) is 0 Å². The van der Waals surface area contributed by atoms with Crippen molar-refractivity contribution in [3.8, 4) is 0 Å². The molecule has 1 atom stereocenters. The largest absolute Gasteiger partial charge is 0.309 e. The Kier molecular flexibility index (Phi) is 3.93. The van der Waals surface area contributed by atoms with E-state index in [4.69, 9.17) is 0 Å². The molecule has 21 heavy (non-hydrogen) atoms. The van der Waals surface area contributed by atoms with Gasteiger partial charge in [-0.2, -0.15) is 5.10 Å². The van der Waals surface area contributed by atoms with Crippen molar-refractivity contribution in [1.29, 1.82) is 0 Å². The van der Waals surface area contributed by atoms with Gasteiger partial charge in [0, 0.05) is 18.7 Å². The standard InChI is InChI=1S/C16H24N4O/c1-12(2)11-20-8-5-16(6-9-20)10-13(16)15(21)18-14-4-3-7-17-19-14/h3-4,7,12-13H,5-6,8-11H2,1-2H3,(H,18,19,21). The Bertz CT molecular complexity index is 494. The lowest BCUT2D eigenvalue weighted by atomic mass is 9.90. The number of likely N-dealkylation sites (tertiary alicyclic amines) is 1. The molecule has 0 radical (unpaired) electrons. The number of hydrogen-bond acceptors (Lipinski definition) is 4. The van der Waals surface area contributed by atoms with Gasteiger partial charge in [-0.25, -0.2) is 0 Å². The SMILES string of the molecule is CC(C)CN1CCC2(CC1)CC2C(=O)Nc1cccnn1. The minimum Gasteiger partial charge on any atom is -0.309 e. The molecule has 0 aromatic carbocycles. The minimum atomic E-state index is 0.118. The maximum Gasteiger partial charge on any atom is 0.229 e. The first-order valence-corrected chi connectivity index (χ1v) is 7.90. The fourth-order valence-electron chi connectivity index (χ4n) is 3.55. The van der Waals surface area contributed by atoms with Crippen LogP contribution in [0, 0.1) is 17.3 Å². The molecule has 5 nitrogen and oxygen atoms in total. The van der Waals surface area contributed by atoms with Crippen molar-refractivity contribution in [2.45, 2.75) is 33.1 Å². The van der Waals surface area contributed by atoms with Crippen molar-refractivity contribution < 1.29 is 4.79 Å². The summed E-state index contributed by atoms with van der Waals surface area (Å²) in [7, 11) is 0. The fraction of sp³-hybridized carbons (Fsp3) is 0.688. The number of hydrogen-bond donors (Lipinski definition) is 1. The second-order valence-electron chi connectivity index (χ2n) is 6.91. The number of anilines is 1. The maximum atomic E-state index is 12.3. The molecule has 1 saturated carbocycles. The highest BCUT2D eigenvalue weighted by Crippen LogP contribution is 2.59. The molecule has 1 spiro atoms. The van der Waals surface area contributed by atoms with E-state index in [0.29, 0.717) is 11.7 Å². The summed E-state index contributed by atoms with van der Waals surface area (Å²) < 4.78 is 0. The smallest absolute Gasteiger partial charge is 0.229 e. The van der Waals surface area contributed by atoms with Gasteiger partial charge in [0.05, 0.1) is 0 Å². The van der Waals surface area contributed by atoms with Crippen LogP contribution in [-0.2, 0) is 4.79 Å². The second kappa shape index (κ2) is 5.72. The molecular weight excluding hydrogens is 264 g/mol. The highest BCUT2D eigenvalue weighted by Gasteiger charge is 2.58. The number of nitrogens with zero attached hydrogens (tertiary/aromatic N) is 3. The maximum absolute atomic E-state index is 12.3. The lowest BCUT2D eigenvalue weighted by Crippen LogP contribution is -2.38. The third kappa shape index (κ3) is 3.23. The lowest BCUT2D eigenvalue weighted by Gasteiger charge is -2.33. The van der Waals surface area contributed by atoms with E-state index < -0.39 is 0 Å². The van der Waals surface area contributed by atoms with Crippen LogP contribution in [0.25, 0.3) is 0 Å². The van der Waals surface area contributed by atoms with E-state index >= 15 is 0 Å². The molecule has 1 amide bonds. The summed E-state index contributed by atoms with van der Waals surface area (Å²) >= 11 is 0. The molecule has 2 fully saturated rings. The molecule has 3 rings (SSSR count).